The number of allylic oxidation sites excluding steroid dienone is 9. The third-order valence-electron chi connectivity index (χ3n) is 17.2. The SMILES string of the molecule is C=C(C)[C@H]1CCC(C)=C[C@@H]1c1c(O)cc(CCCCC)cc1OC(=O)CCC(=O)O.C=C(C)[C@H]1CCC(C)=C[C@@H]1c1c(O)cc(CCCCC)cc1OC(=O)CCC(=O)O.C=C(C)[C@H]1CCC(C)=C[C@@H]1c1c(O)cc(CCCCC)cc1OC(=O)CCC(=O)O.[2H]C[B].[I][Pt+2][I].[NH2-].[NH2-].[NH2-].[NH2-].[Pt+2]. The van der Waals surface area contributed by atoms with E-state index in [9.17, 15) is 44.1 Å². The van der Waals surface area contributed by atoms with E-state index < -0.39 is 35.8 Å². The molecule has 3 aliphatic rings. The van der Waals surface area contributed by atoms with Crippen LogP contribution in [0.25, 0.3) is 24.6 Å². The molecule has 19 nitrogen and oxygen atoms in total. The van der Waals surface area contributed by atoms with Crippen molar-refractivity contribution in [2.24, 2.45) is 17.8 Å². The Balaban J connectivity index is -0.000000655. The zero-order valence-electron chi connectivity index (χ0n) is 61.1. The molecule has 0 saturated heterocycles. The molecule has 6 atom stereocenters. The molecule has 3 aliphatic carbocycles. The zero-order chi connectivity index (χ0) is 72.2. The Morgan fingerprint density at radius 3 is 0.890 bits per heavy atom. The number of carbonyl (C=O) groups is 6. The third kappa shape index (κ3) is 36.0. The fourth-order valence-electron chi connectivity index (χ4n) is 12.3. The summed E-state index contributed by atoms with van der Waals surface area (Å²) in [6.07, 6.45) is 22.4. The van der Waals surface area contributed by atoms with Gasteiger partial charge in [0.15, 0.2) is 0 Å². The summed E-state index contributed by atoms with van der Waals surface area (Å²) in [5.41, 5.74) is 11.3. The van der Waals surface area contributed by atoms with Crippen LogP contribution in [0.5, 0.6) is 34.5 Å². The van der Waals surface area contributed by atoms with Crippen molar-refractivity contribution in [3.05, 3.63) is 166 Å². The van der Waals surface area contributed by atoms with Gasteiger partial charge in [-0.25, -0.2) is 0 Å². The molecule has 0 saturated carbocycles. The third-order valence-corrected chi connectivity index (χ3v) is 17.2. The number of aliphatic carboxylic acids is 3. The number of carboxylic acids is 3. The van der Waals surface area contributed by atoms with Gasteiger partial charge >= 0.3 is 107 Å². The fourth-order valence-corrected chi connectivity index (χ4v) is 12.3. The largest absolute Gasteiger partial charge is 2.00 e. The van der Waals surface area contributed by atoms with E-state index in [2.05, 4.69) is 126 Å². The molecule has 14 N–H and O–H groups in total. The first-order valence-electron chi connectivity index (χ1n) is 33.9. The molecule has 6 rings (SSSR count). The second kappa shape index (κ2) is 54.7. The van der Waals surface area contributed by atoms with Crippen LogP contribution in [0.2, 0.25) is 6.80 Å². The molecule has 3 aromatic rings. The van der Waals surface area contributed by atoms with E-state index in [0.717, 1.165) is 149 Å². The van der Waals surface area contributed by atoms with Crippen LogP contribution in [-0.2, 0) is 80.3 Å². The summed E-state index contributed by atoms with van der Waals surface area (Å²) in [5.74, 6) is -3.58. The van der Waals surface area contributed by atoms with E-state index in [-0.39, 0.29) is 144 Å². The Labute approximate surface area is 643 Å². The summed E-state index contributed by atoms with van der Waals surface area (Å²) in [6, 6.07) is 10.8. The van der Waals surface area contributed by atoms with Gasteiger partial charge in [-0.3, -0.25) is 28.8 Å². The van der Waals surface area contributed by atoms with Crippen LogP contribution in [0, 0.1) is 17.8 Å². The van der Waals surface area contributed by atoms with Gasteiger partial charge in [0, 0.05) is 35.8 Å². The fraction of sp³-hybridized carbons (Fsp3) is 0.526. The van der Waals surface area contributed by atoms with Crippen LogP contribution in [0.1, 0.15) is 250 Å². The number of esters is 3. The second-order valence-corrected chi connectivity index (χ2v) is 41.8. The number of hydrogen-bond donors (Lipinski definition) is 6. The second-order valence-electron chi connectivity index (χ2n) is 25.2. The maximum Gasteiger partial charge on any atom is 2.00 e. The minimum absolute atomic E-state index is 0. The number of phenols is 3. The molecule has 0 bridgehead atoms. The average molecular weight is 1980 g/mol. The van der Waals surface area contributed by atoms with Crippen LogP contribution >= 0.6 is 38.7 Å². The standard InChI is InChI=1S/3C25H34O5.CH3B.2HI.4H2N.2Pt/c3*1-5-6-7-8-18-14-21(26)25(20-13-17(4)9-10-19(20)16(2)3)22(15-18)30-24(29)12-11-23(27)28;1-2;;;;;;;;/h3*13-15,19-20,26H,2,5-12H2,1,3-4H3,(H,27,28);1H3;2*1H;4*1H2;;/q;;;;;;4*-1;+2;+4/p-2/t3*19-,20+;;;;;;;;;/m111........./s1/i;;;1D;;;;;;;;. The summed E-state index contributed by atoms with van der Waals surface area (Å²) >= 11 is 5.30. The maximum absolute atomic E-state index is 12.3. The Morgan fingerprint density at radius 1 is 0.480 bits per heavy atom. The number of phenolic OH excluding ortho intramolecular Hbond substituents is 3. The number of rotatable bonds is 30. The first-order valence-corrected chi connectivity index (χ1v) is 46.0. The van der Waals surface area contributed by atoms with Crippen LogP contribution in [0.15, 0.2) is 108 Å². The molecule has 0 unspecified atom stereocenters. The van der Waals surface area contributed by atoms with Crippen molar-refractivity contribution in [1.29, 1.82) is 0 Å². The van der Waals surface area contributed by atoms with Crippen molar-refractivity contribution in [3.8, 4) is 34.5 Å². The van der Waals surface area contributed by atoms with Gasteiger partial charge in [0.05, 0.1) is 46.4 Å². The molecular weight excluding hydrogens is 1860 g/mol. The van der Waals surface area contributed by atoms with Gasteiger partial charge in [-0.05, 0) is 189 Å². The molecule has 2 radical (unpaired) electrons. The Morgan fingerprint density at radius 2 is 0.700 bits per heavy atom. The van der Waals surface area contributed by atoms with E-state index in [1.165, 1.54) is 16.7 Å². The number of aromatic hydroxyl groups is 3. The van der Waals surface area contributed by atoms with E-state index in [4.69, 9.17) is 30.9 Å². The molecule has 100 heavy (non-hydrogen) atoms. The summed E-state index contributed by atoms with van der Waals surface area (Å²) in [4.78, 5) is 69.4. The van der Waals surface area contributed by atoms with E-state index in [1.807, 2.05) is 39.0 Å². The van der Waals surface area contributed by atoms with Crippen LogP contribution in [0.4, 0.5) is 0 Å². The predicted octanol–water partition coefficient (Wildman–Crippen LogP) is 22.6. The van der Waals surface area contributed by atoms with E-state index in [1.54, 1.807) is 18.2 Å². The maximum atomic E-state index is 12.3. The summed E-state index contributed by atoms with van der Waals surface area (Å²) in [7, 11) is 4.51. The molecule has 0 aliphatic heterocycles. The molecule has 0 heterocycles. The number of carbonyl (C=O) groups excluding carboxylic acids is 3. The molecular formula is C76H113BI2N4O15Pt2. The van der Waals surface area contributed by atoms with Crippen LogP contribution in [-0.4, -0.2) is 74.3 Å². The quantitative estimate of drug-likeness (QED) is 0.00902. The minimum atomic E-state index is -1.04. The summed E-state index contributed by atoms with van der Waals surface area (Å²) < 4.78 is 22.8. The normalized spacial score (nSPS) is 17.1. The number of unbranched alkanes of at least 4 members (excludes halogenated alkanes) is 6. The number of nitrogens with two attached hydrogens (primary N) is 4. The van der Waals surface area contributed by atoms with Gasteiger partial charge in [-0.15, -0.1) is 0 Å². The van der Waals surface area contributed by atoms with Crippen molar-refractivity contribution in [1.82, 2.24) is 0 Å². The van der Waals surface area contributed by atoms with Gasteiger partial charge in [0.25, 0.3) is 0 Å². The van der Waals surface area contributed by atoms with Gasteiger partial charge in [0.1, 0.15) is 34.5 Å². The molecule has 0 aromatic heterocycles. The first-order chi connectivity index (χ1) is 45.5. The van der Waals surface area contributed by atoms with Crippen LogP contribution in [0.3, 0.4) is 0 Å². The first kappa shape index (κ1) is 99.2. The molecule has 0 spiro atoms. The van der Waals surface area contributed by atoms with Gasteiger partial charge in [-0.1, -0.05) is 137 Å². The predicted molar refractivity (Wildman–Crippen MR) is 414 cm³/mol. The average Bonchev–Trinajstić information content (AvgIpc) is 0.799. The molecule has 0 amide bonds. The van der Waals surface area contributed by atoms with Crippen LogP contribution < -0.4 is 14.2 Å². The van der Waals surface area contributed by atoms with Gasteiger partial charge in [0.2, 0.25) is 0 Å². The van der Waals surface area contributed by atoms with Gasteiger partial charge in [-0.2, -0.15) is 0 Å². The topological polar surface area (TPSA) is 385 Å². The number of ether oxygens (including phenoxy) is 3. The number of benzene rings is 3. The number of hydrogen-bond acceptors (Lipinski definition) is 12. The molecule has 0 fully saturated rings. The van der Waals surface area contributed by atoms with Crippen molar-refractivity contribution in [2.75, 3.05) is 0 Å². The Kier molecular flexibility index (Phi) is 54.3. The number of aryl methyl sites for hydroxylation is 3. The van der Waals surface area contributed by atoms with Crippen molar-refractivity contribution in [2.45, 2.75) is 241 Å². The number of halogens is 2. The monoisotopic (exact) mass is 1980 g/mol. The van der Waals surface area contributed by atoms with Crippen molar-refractivity contribution >= 4 is 82.4 Å². The van der Waals surface area contributed by atoms with Crippen molar-refractivity contribution < 1.29 is 107 Å². The Bertz CT molecular complexity index is 2890. The van der Waals surface area contributed by atoms with Crippen molar-refractivity contribution in [3.63, 3.8) is 0 Å². The Hall–Kier alpha value is -4.94. The minimum Gasteiger partial charge on any atom is -0.693 e. The number of carboxylic acid groups (broad SMARTS) is 3. The molecule has 564 valence electrons. The summed E-state index contributed by atoms with van der Waals surface area (Å²) in [5, 5.41) is 59.4. The zero-order valence-corrected chi connectivity index (χ0v) is 69.0. The van der Waals surface area contributed by atoms with E-state index >= 15 is 0 Å². The van der Waals surface area contributed by atoms with Gasteiger partial charge < -0.3 is 69.5 Å². The molecule has 24 heteroatoms. The molecule has 3 aromatic carbocycles. The summed E-state index contributed by atoms with van der Waals surface area (Å²) in [6.45, 7) is 30.9. The van der Waals surface area contributed by atoms with E-state index in [0.29, 0.717) is 45.1 Å². The smallest absolute Gasteiger partial charge is 0.693 e.